The van der Waals surface area contributed by atoms with Gasteiger partial charge in [0.2, 0.25) is 0 Å². The molecule has 1 amide bonds. The van der Waals surface area contributed by atoms with Crippen LogP contribution in [0.5, 0.6) is 0 Å². The minimum Gasteiger partial charge on any atom is -0.444 e. The largest absolute Gasteiger partial charge is 0.444 e. The van der Waals surface area contributed by atoms with Gasteiger partial charge >= 0.3 is 6.09 Å². The van der Waals surface area contributed by atoms with Crippen molar-refractivity contribution in [2.24, 2.45) is 11.8 Å². The number of aromatic nitrogens is 2. The van der Waals surface area contributed by atoms with Crippen molar-refractivity contribution in [1.29, 1.82) is 0 Å². The van der Waals surface area contributed by atoms with Gasteiger partial charge in [-0.3, -0.25) is 0 Å². The molecule has 1 heterocycles. The zero-order valence-corrected chi connectivity index (χ0v) is 15.2. The van der Waals surface area contributed by atoms with E-state index in [9.17, 15) is 13.2 Å². The zero-order chi connectivity index (χ0) is 17.8. The fourth-order valence-corrected chi connectivity index (χ4v) is 4.03. The summed E-state index contributed by atoms with van der Waals surface area (Å²) < 4.78 is 29.0. The predicted molar refractivity (Wildman–Crippen MR) is 87.0 cm³/mol. The van der Waals surface area contributed by atoms with Gasteiger partial charge in [0.15, 0.2) is 14.9 Å². The van der Waals surface area contributed by atoms with Crippen LogP contribution >= 0.6 is 0 Å². The van der Waals surface area contributed by atoms with Crippen LogP contribution in [0.2, 0.25) is 0 Å². The molecule has 1 aromatic rings. The van der Waals surface area contributed by atoms with Gasteiger partial charge in [0.05, 0.1) is 11.2 Å². The first-order chi connectivity index (χ1) is 11.0. The van der Waals surface area contributed by atoms with E-state index >= 15 is 0 Å². The van der Waals surface area contributed by atoms with Crippen LogP contribution in [0, 0.1) is 11.8 Å². The fraction of sp³-hybridized carbons (Fsp3) is 0.688. The molecule has 0 bridgehead atoms. The number of hydrogen-bond donors (Lipinski definition) is 1. The van der Waals surface area contributed by atoms with Gasteiger partial charge in [0.25, 0.3) is 0 Å². The third kappa shape index (κ3) is 3.53. The maximum atomic E-state index is 12.3. The second-order valence-electron chi connectivity index (χ2n) is 7.89. The van der Waals surface area contributed by atoms with Crippen molar-refractivity contribution in [3.05, 3.63) is 18.1 Å². The van der Waals surface area contributed by atoms with Crippen LogP contribution in [0.25, 0.3) is 0 Å². The molecule has 2 saturated carbocycles. The molecule has 0 saturated heterocycles. The van der Waals surface area contributed by atoms with Crippen molar-refractivity contribution >= 4 is 15.9 Å². The SMILES string of the molecule is CC(C)(C)OC(=O)NC1(c2cc(S(C)(=O)=O)ncn2)CC2CC2C1. The second kappa shape index (κ2) is 5.40. The van der Waals surface area contributed by atoms with Crippen molar-refractivity contribution in [3.8, 4) is 0 Å². The summed E-state index contributed by atoms with van der Waals surface area (Å²) >= 11 is 0. The lowest BCUT2D eigenvalue weighted by molar-refractivity contribution is 0.0442. The highest BCUT2D eigenvalue weighted by Gasteiger charge is 2.56. The Morgan fingerprint density at radius 2 is 1.92 bits per heavy atom. The van der Waals surface area contributed by atoms with Crippen LogP contribution in [-0.2, 0) is 20.1 Å². The Morgan fingerprint density at radius 3 is 2.46 bits per heavy atom. The van der Waals surface area contributed by atoms with Crippen LogP contribution in [0.4, 0.5) is 4.79 Å². The van der Waals surface area contributed by atoms with Gasteiger partial charge in [-0.1, -0.05) is 0 Å². The van der Waals surface area contributed by atoms with Gasteiger partial charge in [-0.05, 0) is 57.9 Å². The molecule has 2 aliphatic rings. The van der Waals surface area contributed by atoms with E-state index in [1.807, 2.05) is 0 Å². The molecule has 7 nitrogen and oxygen atoms in total. The Hall–Kier alpha value is -1.70. The number of fused-ring (bicyclic) bond motifs is 1. The fourth-order valence-electron chi connectivity index (χ4n) is 3.47. The van der Waals surface area contributed by atoms with E-state index in [2.05, 4.69) is 15.3 Å². The van der Waals surface area contributed by atoms with E-state index in [1.54, 1.807) is 20.8 Å². The molecule has 2 aliphatic carbocycles. The van der Waals surface area contributed by atoms with Gasteiger partial charge in [-0.2, -0.15) is 0 Å². The smallest absolute Gasteiger partial charge is 0.408 e. The van der Waals surface area contributed by atoms with Gasteiger partial charge < -0.3 is 10.1 Å². The molecule has 2 atom stereocenters. The molecule has 1 aromatic heterocycles. The predicted octanol–water partition coefficient (Wildman–Crippen LogP) is 2.03. The molecule has 3 rings (SSSR count). The maximum absolute atomic E-state index is 12.3. The Morgan fingerprint density at radius 1 is 1.29 bits per heavy atom. The molecule has 0 spiro atoms. The normalized spacial score (nSPS) is 29.0. The van der Waals surface area contributed by atoms with E-state index in [-0.39, 0.29) is 5.03 Å². The van der Waals surface area contributed by atoms with E-state index in [0.29, 0.717) is 17.5 Å². The van der Waals surface area contributed by atoms with Gasteiger partial charge in [0, 0.05) is 6.26 Å². The number of rotatable bonds is 3. The van der Waals surface area contributed by atoms with E-state index in [1.165, 1.54) is 12.4 Å². The average Bonchev–Trinajstić information content (AvgIpc) is 3.03. The maximum Gasteiger partial charge on any atom is 0.408 e. The first-order valence-corrected chi connectivity index (χ1v) is 9.91. The third-order valence-electron chi connectivity index (χ3n) is 4.54. The Kier molecular flexibility index (Phi) is 3.86. The number of sulfone groups is 1. The van der Waals surface area contributed by atoms with Crippen LogP contribution < -0.4 is 5.32 Å². The molecular formula is C16H23N3O4S. The van der Waals surface area contributed by atoms with Crippen LogP contribution in [0.3, 0.4) is 0 Å². The summed E-state index contributed by atoms with van der Waals surface area (Å²) in [5.74, 6) is 1.10. The number of carbonyl (C=O) groups is 1. The first kappa shape index (κ1) is 17.1. The van der Waals surface area contributed by atoms with Crippen LogP contribution in [0.15, 0.2) is 17.4 Å². The Labute approximate surface area is 142 Å². The number of ether oxygens (including phenoxy) is 1. The number of hydrogen-bond acceptors (Lipinski definition) is 6. The number of nitrogens with zero attached hydrogens (tertiary/aromatic N) is 2. The summed E-state index contributed by atoms with van der Waals surface area (Å²) in [6, 6.07) is 1.47. The van der Waals surface area contributed by atoms with Gasteiger partial charge in [0.1, 0.15) is 11.9 Å². The Bertz CT molecular complexity index is 760. The van der Waals surface area contributed by atoms with Crippen molar-refractivity contribution < 1.29 is 17.9 Å². The number of nitrogens with one attached hydrogen (secondary N) is 1. The van der Waals surface area contributed by atoms with E-state index in [4.69, 9.17) is 4.74 Å². The van der Waals surface area contributed by atoms with Gasteiger partial charge in [-0.25, -0.2) is 23.2 Å². The molecule has 1 N–H and O–H groups in total. The van der Waals surface area contributed by atoms with Crippen molar-refractivity contribution in [2.45, 2.75) is 56.2 Å². The summed E-state index contributed by atoms with van der Waals surface area (Å²) in [5.41, 5.74) is -0.745. The lowest BCUT2D eigenvalue weighted by atomic mass is 9.89. The molecule has 2 unspecified atom stereocenters. The highest BCUT2D eigenvalue weighted by Crippen LogP contribution is 2.59. The molecular weight excluding hydrogens is 330 g/mol. The lowest BCUT2D eigenvalue weighted by Gasteiger charge is -2.32. The Balaban J connectivity index is 1.91. The van der Waals surface area contributed by atoms with Crippen LogP contribution in [0.1, 0.15) is 45.7 Å². The molecule has 0 radical (unpaired) electrons. The molecule has 2 fully saturated rings. The molecule has 24 heavy (non-hydrogen) atoms. The number of alkyl carbamates (subject to hydrolysis) is 1. The average molecular weight is 353 g/mol. The van der Waals surface area contributed by atoms with E-state index in [0.717, 1.165) is 25.5 Å². The molecule has 0 aliphatic heterocycles. The summed E-state index contributed by atoms with van der Waals surface area (Å²) in [5, 5.41) is 2.93. The van der Waals surface area contributed by atoms with Crippen molar-refractivity contribution in [1.82, 2.24) is 15.3 Å². The monoisotopic (exact) mass is 353 g/mol. The van der Waals surface area contributed by atoms with E-state index < -0.39 is 27.1 Å². The van der Waals surface area contributed by atoms with Crippen molar-refractivity contribution in [2.75, 3.05) is 6.26 Å². The summed E-state index contributed by atoms with van der Waals surface area (Å²) in [4.78, 5) is 20.4. The quantitative estimate of drug-likeness (QED) is 0.835. The number of amides is 1. The first-order valence-electron chi connectivity index (χ1n) is 8.02. The standard InChI is InChI=1S/C16H23N3O4S/c1-15(2,3)23-14(20)19-16(7-10-5-11(10)8-16)12-6-13(18-9-17-12)24(4,21)22/h6,9-11H,5,7-8H2,1-4H3,(H,19,20). The molecule has 8 heteroatoms. The zero-order valence-electron chi connectivity index (χ0n) is 14.4. The lowest BCUT2D eigenvalue weighted by Crippen LogP contribution is -2.47. The topological polar surface area (TPSA) is 98.2 Å². The third-order valence-corrected chi connectivity index (χ3v) is 5.53. The highest BCUT2D eigenvalue weighted by molar-refractivity contribution is 7.90. The second-order valence-corrected chi connectivity index (χ2v) is 9.85. The minimum atomic E-state index is -3.44. The highest BCUT2D eigenvalue weighted by atomic mass is 32.2. The minimum absolute atomic E-state index is 0.0292. The van der Waals surface area contributed by atoms with Crippen molar-refractivity contribution in [3.63, 3.8) is 0 Å². The molecule has 132 valence electrons. The summed E-state index contributed by atoms with van der Waals surface area (Å²) in [6.45, 7) is 5.41. The summed E-state index contributed by atoms with van der Waals surface area (Å²) in [7, 11) is -3.44. The van der Waals surface area contributed by atoms with Crippen LogP contribution in [-0.4, -0.2) is 36.3 Å². The number of carbonyl (C=O) groups excluding carboxylic acids is 1. The van der Waals surface area contributed by atoms with Gasteiger partial charge in [-0.15, -0.1) is 0 Å². The summed E-state index contributed by atoms with van der Waals surface area (Å²) in [6.07, 6.45) is 4.49. The molecule has 0 aromatic carbocycles.